The number of piperazine rings is 1. The zero-order chi connectivity index (χ0) is 14.7. The molecule has 3 rings (SSSR count). The number of hydrogen-bond donors (Lipinski definition) is 1. The molecule has 2 fully saturated rings. The third kappa shape index (κ3) is 3.44. The number of nitrogens with one attached hydrogen (secondary N) is 1. The van der Waals surface area contributed by atoms with Crippen LogP contribution in [0.2, 0.25) is 5.02 Å². The van der Waals surface area contributed by atoms with Gasteiger partial charge in [0.2, 0.25) is 0 Å². The second-order valence-electron chi connectivity index (χ2n) is 6.80. The summed E-state index contributed by atoms with van der Waals surface area (Å²) in [6.45, 7) is 5.71. The highest BCUT2D eigenvalue weighted by atomic mass is 35.5. The van der Waals surface area contributed by atoms with Gasteiger partial charge in [0.15, 0.2) is 0 Å². The molecule has 2 aliphatic rings. The van der Waals surface area contributed by atoms with E-state index in [4.69, 9.17) is 11.6 Å². The predicted molar refractivity (Wildman–Crippen MR) is 89.8 cm³/mol. The maximum Gasteiger partial charge on any atom is 0.0406 e. The highest BCUT2D eigenvalue weighted by Gasteiger charge is 2.42. The summed E-state index contributed by atoms with van der Waals surface area (Å²) >= 11 is 6.02. The van der Waals surface area contributed by atoms with E-state index in [-0.39, 0.29) is 0 Å². The number of halogens is 1. The molecule has 1 N–H and O–H groups in total. The Morgan fingerprint density at radius 3 is 2.62 bits per heavy atom. The van der Waals surface area contributed by atoms with Gasteiger partial charge < -0.3 is 5.32 Å². The van der Waals surface area contributed by atoms with E-state index in [1.54, 1.807) is 0 Å². The fourth-order valence-corrected chi connectivity index (χ4v) is 4.21. The Kier molecular flexibility index (Phi) is 4.88. The average Bonchev–Trinajstić information content (AvgIpc) is 2.95. The van der Waals surface area contributed by atoms with Crippen molar-refractivity contribution in [2.24, 2.45) is 0 Å². The van der Waals surface area contributed by atoms with Crippen LogP contribution < -0.4 is 5.32 Å². The summed E-state index contributed by atoms with van der Waals surface area (Å²) in [4.78, 5) is 2.76. The SMILES string of the molecule is CCCC1CN(Cc2ccc(Cl)cc2)C2(CCCC2)CN1. The first-order valence-corrected chi connectivity index (χ1v) is 8.82. The van der Waals surface area contributed by atoms with E-state index in [9.17, 15) is 0 Å². The van der Waals surface area contributed by atoms with E-state index in [2.05, 4.69) is 29.3 Å². The van der Waals surface area contributed by atoms with Crippen molar-refractivity contribution in [2.45, 2.75) is 63.6 Å². The molecule has 1 unspecified atom stereocenters. The number of nitrogens with zero attached hydrogens (tertiary/aromatic N) is 1. The molecule has 1 saturated carbocycles. The van der Waals surface area contributed by atoms with Gasteiger partial charge in [-0.25, -0.2) is 0 Å². The Morgan fingerprint density at radius 1 is 1.24 bits per heavy atom. The zero-order valence-electron chi connectivity index (χ0n) is 13.1. The van der Waals surface area contributed by atoms with Gasteiger partial charge >= 0.3 is 0 Å². The molecule has 3 heteroatoms. The Balaban J connectivity index is 1.74. The lowest BCUT2D eigenvalue weighted by molar-refractivity contribution is 0.0338. The van der Waals surface area contributed by atoms with Crippen LogP contribution in [0.4, 0.5) is 0 Å². The Hall–Kier alpha value is -0.570. The van der Waals surface area contributed by atoms with Crippen LogP contribution in [0.25, 0.3) is 0 Å². The van der Waals surface area contributed by atoms with E-state index < -0.39 is 0 Å². The van der Waals surface area contributed by atoms with Crippen LogP contribution >= 0.6 is 11.6 Å². The normalized spacial score (nSPS) is 25.5. The van der Waals surface area contributed by atoms with Crippen LogP contribution in [-0.4, -0.2) is 29.6 Å². The van der Waals surface area contributed by atoms with Gasteiger partial charge in [-0.3, -0.25) is 4.90 Å². The maximum atomic E-state index is 6.02. The molecule has 0 bridgehead atoms. The number of benzene rings is 1. The van der Waals surface area contributed by atoms with Crippen molar-refractivity contribution in [2.75, 3.05) is 13.1 Å². The van der Waals surface area contributed by atoms with Crippen LogP contribution in [0.5, 0.6) is 0 Å². The molecule has 1 spiro atoms. The maximum absolute atomic E-state index is 6.02. The van der Waals surface area contributed by atoms with Crippen molar-refractivity contribution >= 4 is 11.6 Å². The van der Waals surface area contributed by atoms with Gasteiger partial charge in [-0.2, -0.15) is 0 Å². The fourth-order valence-electron chi connectivity index (χ4n) is 4.08. The Bertz CT molecular complexity index is 451. The van der Waals surface area contributed by atoms with E-state index >= 15 is 0 Å². The molecular formula is C18H27ClN2. The molecule has 1 aromatic rings. The molecule has 116 valence electrons. The monoisotopic (exact) mass is 306 g/mol. The number of hydrogen-bond acceptors (Lipinski definition) is 2. The largest absolute Gasteiger partial charge is 0.311 e. The van der Waals surface area contributed by atoms with E-state index in [1.165, 1.54) is 57.2 Å². The van der Waals surface area contributed by atoms with Crippen molar-refractivity contribution in [1.29, 1.82) is 0 Å². The molecule has 0 amide bonds. The van der Waals surface area contributed by atoms with Crippen molar-refractivity contribution in [3.63, 3.8) is 0 Å². The van der Waals surface area contributed by atoms with Gasteiger partial charge in [-0.1, -0.05) is 49.9 Å². The van der Waals surface area contributed by atoms with Gasteiger partial charge in [-0.15, -0.1) is 0 Å². The summed E-state index contributed by atoms with van der Waals surface area (Å²) < 4.78 is 0. The van der Waals surface area contributed by atoms with Crippen molar-refractivity contribution in [3.05, 3.63) is 34.9 Å². The Labute approximate surface area is 133 Å². The standard InChI is InChI=1S/C18H27ClN2/c1-2-5-17-13-21(12-15-6-8-16(19)9-7-15)18(14-20-17)10-3-4-11-18/h6-9,17,20H,2-5,10-14H2,1H3. The third-order valence-electron chi connectivity index (χ3n) is 5.29. The lowest BCUT2D eigenvalue weighted by Crippen LogP contribution is -2.63. The zero-order valence-corrected chi connectivity index (χ0v) is 13.8. The topological polar surface area (TPSA) is 15.3 Å². The van der Waals surface area contributed by atoms with Gasteiger partial charge in [0, 0.05) is 36.2 Å². The summed E-state index contributed by atoms with van der Waals surface area (Å²) in [5.74, 6) is 0. The van der Waals surface area contributed by atoms with E-state index in [1.807, 2.05) is 12.1 Å². The van der Waals surface area contributed by atoms with Crippen LogP contribution in [0, 0.1) is 0 Å². The van der Waals surface area contributed by atoms with E-state index in [0.717, 1.165) is 11.6 Å². The van der Waals surface area contributed by atoms with Crippen molar-refractivity contribution in [1.82, 2.24) is 10.2 Å². The highest BCUT2D eigenvalue weighted by Crippen LogP contribution is 2.38. The van der Waals surface area contributed by atoms with Crippen LogP contribution in [-0.2, 0) is 6.54 Å². The molecule has 1 aliphatic carbocycles. The summed E-state index contributed by atoms with van der Waals surface area (Å²) in [7, 11) is 0. The van der Waals surface area contributed by atoms with Gasteiger partial charge in [0.05, 0.1) is 0 Å². The molecule has 1 saturated heterocycles. The summed E-state index contributed by atoms with van der Waals surface area (Å²) in [5.41, 5.74) is 1.80. The summed E-state index contributed by atoms with van der Waals surface area (Å²) in [6.07, 6.45) is 8.03. The average molecular weight is 307 g/mol. The second kappa shape index (κ2) is 6.68. The molecule has 1 aromatic carbocycles. The molecule has 21 heavy (non-hydrogen) atoms. The summed E-state index contributed by atoms with van der Waals surface area (Å²) in [6, 6.07) is 9.06. The highest BCUT2D eigenvalue weighted by molar-refractivity contribution is 6.30. The fraction of sp³-hybridized carbons (Fsp3) is 0.667. The second-order valence-corrected chi connectivity index (χ2v) is 7.24. The molecule has 1 heterocycles. The molecule has 2 nitrogen and oxygen atoms in total. The summed E-state index contributed by atoms with van der Waals surface area (Å²) in [5, 5.41) is 4.65. The van der Waals surface area contributed by atoms with E-state index in [0.29, 0.717) is 11.6 Å². The lowest BCUT2D eigenvalue weighted by atomic mass is 9.89. The molecule has 0 radical (unpaired) electrons. The minimum atomic E-state index is 0.407. The van der Waals surface area contributed by atoms with Crippen LogP contribution in [0.15, 0.2) is 24.3 Å². The first kappa shape index (κ1) is 15.3. The molecule has 1 aliphatic heterocycles. The van der Waals surface area contributed by atoms with Gasteiger partial charge in [0.1, 0.15) is 0 Å². The predicted octanol–water partition coefficient (Wildman–Crippen LogP) is 4.23. The lowest BCUT2D eigenvalue weighted by Gasteiger charge is -2.48. The van der Waals surface area contributed by atoms with Crippen molar-refractivity contribution in [3.8, 4) is 0 Å². The first-order valence-electron chi connectivity index (χ1n) is 8.45. The van der Waals surface area contributed by atoms with Crippen LogP contribution in [0.1, 0.15) is 51.0 Å². The minimum absolute atomic E-state index is 0.407. The molecule has 0 aromatic heterocycles. The Morgan fingerprint density at radius 2 is 1.95 bits per heavy atom. The third-order valence-corrected chi connectivity index (χ3v) is 5.54. The van der Waals surface area contributed by atoms with Gasteiger partial charge in [0.25, 0.3) is 0 Å². The molecular weight excluding hydrogens is 280 g/mol. The van der Waals surface area contributed by atoms with Crippen LogP contribution in [0.3, 0.4) is 0 Å². The minimum Gasteiger partial charge on any atom is -0.311 e. The quantitative estimate of drug-likeness (QED) is 0.895. The smallest absolute Gasteiger partial charge is 0.0406 e. The molecule has 1 atom stereocenters. The number of rotatable bonds is 4. The van der Waals surface area contributed by atoms with Crippen molar-refractivity contribution < 1.29 is 0 Å². The first-order chi connectivity index (χ1) is 10.2. The van der Waals surface area contributed by atoms with Gasteiger partial charge in [-0.05, 0) is 37.0 Å².